The van der Waals surface area contributed by atoms with Crippen LogP contribution in [0.2, 0.25) is 0 Å². The summed E-state index contributed by atoms with van der Waals surface area (Å²) in [7, 11) is -3.68. The number of amides is 1. The van der Waals surface area contributed by atoms with Crippen molar-refractivity contribution in [3.05, 3.63) is 77.2 Å². The molecule has 1 aliphatic heterocycles. The molecule has 11 heteroatoms. The third-order valence-electron chi connectivity index (χ3n) is 6.48. The van der Waals surface area contributed by atoms with Gasteiger partial charge in [-0.15, -0.1) is 0 Å². The monoisotopic (exact) mass is 529 g/mol. The van der Waals surface area contributed by atoms with E-state index in [9.17, 15) is 17.6 Å². The molecule has 1 saturated heterocycles. The van der Waals surface area contributed by atoms with Crippen LogP contribution < -0.4 is 0 Å². The van der Waals surface area contributed by atoms with Gasteiger partial charge < -0.3 is 9.42 Å². The molecule has 0 bridgehead atoms. The number of benzene rings is 2. The molecule has 0 unspecified atom stereocenters. The highest BCUT2D eigenvalue weighted by molar-refractivity contribution is 7.89. The van der Waals surface area contributed by atoms with Gasteiger partial charge in [-0.1, -0.05) is 35.5 Å². The first-order chi connectivity index (χ1) is 17.8. The number of piperazine rings is 1. The molecule has 0 saturated carbocycles. The molecule has 0 radical (unpaired) electrons. The smallest absolute Gasteiger partial charge is 0.243 e. The van der Waals surface area contributed by atoms with Crippen LogP contribution in [0, 0.1) is 12.7 Å². The summed E-state index contributed by atoms with van der Waals surface area (Å²) in [6, 6.07) is 13.7. The molecular weight excluding hydrogens is 497 g/mol. The Bertz CT molecular complexity index is 1310. The number of aromatic nitrogens is 2. The molecule has 0 N–H and O–H groups in total. The summed E-state index contributed by atoms with van der Waals surface area (Å²) in [5.74, 6) is 0.513. The van der Waals surface area contributed by atoms with Crippen LogP contribution in [0.15, 0.2) is 57.9 Å². The van der Waals surface area contributed by atoms with Crippen molar-refractivity contribution < 1.29 is 22.1 Å². The van der Waals surface area contributed by atoms with Crippen LogP contribution in [0.5, 0.6) is 0 Å². The van der Waals surface area contributed by atoms with Gasteiger partial charge in [-0.2, -0.15) is 9.29 Å². The highest BCUT2D eigenvalue weighted by Crippen LogP contribution is 2.20. The minimum Gasteiger partial charge on any atom is -0.339 e. The van der Waals surface area contributed by atoms with E-state index in [4.69, 9.17) is 4.52 Å². The first kappa shape index (κ1) is 26.9. The van der Waals surface area contributed by atoms with E-state index in [2.05, 4.69) is 15.0 Å². The molecule has 37 heavy (non-hydrogen) atoms. The fourth-order valence-corrected chi connectivity index (χ4v) is 5.77. The Labute approximate surface area is 216 Å². The second-order valence-electron chi connectivity index (χ2n) is 9.09. The van der Waals surface area contributed by atoms with E-state index < -0.39 is 15.8 Å². The number of hydrogen-bond donors (Lipinski definition) is 0. The number of carbonyl (C=O) groups excluding carboxylic acids is 1. The van der Waals surface area contributed by atoms with Crippen LogP contribution >= 0.6 is 0 Å². The van der Waals surface area contributed by atoms with Crippen molar-refractivity contribution >= 4 is 15.9 Å². The lowest BCUT2D eigenvalue weighted by atomic mass is 10.2. The molecule has 2 aromatic carbocycles. The number of sulfonamides is 1. The summed E-state index contributed by atoms with van der Waals surface area (Å²) in [5, 5.41) is 4.03. The molecule has 4 rings (SSSR count). The zero-order valence-electron chi connectivity index (χ0n) is 21.1. The molecule has 0 spiro atoms. The van der Waals surface area contributed by atoms with Gasteiger partial charge in [-0.3, -0.25) is 9.69 Å². The zero-order valence-corrected chi connectivity index (χ0v) is 22.0. The van der Waals surface area contributed by atoms with Crippen LogP contribution in [-0.4, -0.2) is 71.3 Å². The molecular formula is C26H32FN5O4S. The Hall–Kier alpha value is -3.15. The van der Waals surface area contributed by atoms with E-state index in [-0.39, 0.29) is 17.2 Å². The second kappa shape index (κ2) is 11.9. The summed E-state index contributed by atoms with van der Waals surface area (Å²) in [5.41, 5.74) is 1.38. The molecule has 9 nitrogen and oxygen atoms in total. The quantitative estimate of drug-likeness (QED) is 0.398. The molecule has 1 amide bonds. The summed E-state index contributed by atoms with van der Waals surface area (Å²) < 4.78 is 46.2. The Kier molecular flexibility index (Phi) is 8.67. The molecule has 1 aliphatic rings. The summed E-state index contributed by atoms with van der Waals surface area (Å²) in [4.78, 5) is 21.1. The maximum Gasteiger partial charge on any atom is 0.243 e. The van der Waals surface area contributed by atoms with Crippen LogP contribution in [-0.2, 0) is 34.3 Å². The van der Waals surface area contributed by atoms with E-state index in [1.54, 1.807) is 11.8 Å². The minimum atomic E-state index is -3.68. The third kappa shape index (κ3) is 6.79. The summed E-state index contributed by atoms with van der Waals surface area (Å²) in [6.07, 6.45) is 0.641. The normalized spacial score (nSPS) is 15.1. The first-order valence-electron chi connectivity index (χ1n) is 12.4. The van der Waals surface area contributed by atoms with Gasteiger partial charge in [0.05, 0.1) is 11.4 Å². The minimum absolute atomic E-state index is 0.0276. The van der Waals surface area contributed by atoms with E-state index in [1.165, 1.54) is 22.5 Å². The first-order valence-corrected chi connectivity index (χ1v) is 13.8. The van der Waals surface area contributed by atoms with Crippen molar-refractivity contribution in [2.24, 2.45) is 0 Å². The number of rotatable bonds is 10. The lowest BCUT2D eigenvalue weighted by Gasteiger charge is -2.33. The van der Waals surface area contributed by atoms with Crippen LogP contribution in [0.1, 0.15) is 36.2 Å². The molecule has 2 heterocycles. The molecule has 3 aromatic rings. The van der Waals surface area contributed by atoms with E-state index in [1.807, 2.05) is 37.3 Å². The Morgan fingerprint density at radius 1 is 1.11 bits per heavy atom. The summed E-state index contributed by atoms with van der Waals surface area (Å²) >= 11 is 0. The van der Waals surface area contributed by atoms with Gasteiger partial charge in [0.1, 0.15) is 5.82 Å². The fraction of sp³-hybridized carbons (Fsp3) is 0.423. The van der Waals surface area contributed by atoms with Gasteiger partial charge in [0.2, 0.25) is 21.8 Å². The molecule has 1 aromatic heterocycles. The number of nitrogens with zero attached hydrogens (tertiary/aromatic N) is 5. The average Bonchev–Trinajstić information content (AvgIpc) is 3.35. The fourth-order valence-electron chi connectivity index (χ4n) is 4.26. The van der Waals surface area contributed by atoms with Crippen molar-refractivity contribution in [2.75, 3.05) is 32.7 Å². The van der Waals surface area contributed by atoms with Gasteiger partial charge in [0.15, 0.2) is 5.82 Å². The predicted octanol–water partition coefficient (Wildman–Crippen LogP) is 3.00. The number of halogens is 1. The highest BCUT2D eigenvalue weighted by Gasteiger charge is 2.29. The third-order valence-corrected chi connectivity index (χ3v) is 8.37. The second-order valence-corrected chi connectivity index (χ2v) is 11.0. The van der Waals surface area contributed by atoms with Crippen molar-refractivity contribution in [3.8, 4) is 0 Å². The standard InChI is InChI=1S/C26H32FN5O4S/c1-3-31(18-21-7-5-4-6-8-21)26(33)12-11-25-28-24(29-36-25)19-30-13-15-32(16-14-30)37(34,35)22-9-10-23(27)20(2)17-22/h4-10,17H,3,11-16,18-19H2,1-2H3. The van der Waals surface area contributed by atoms with E-state index >= 15 is 0 Å². The van der Waals surface area contributed by atoms with Gasteiger partial charge >= 0.3 is 0 Å². The van der Waals surface area contributed by atoms with E-state index in [0.29, 0.717) is 69.5 Å². The topological polar surface area (TPSA) is 99.9 Å². The van der Waals surface area contributed by atoms with Gasteiger partial charge in [0.25, 0.3) is 0 Å². The highest BCUT2D eigenvalue weighted by atomic mass is 32.2. The number of carbonyl (C=O) groups is 1. The maximum absolute atomic E-state index is 13.6. The van der Waals surface area contributed by atoms with Crippen LogP contribution in [0.25, 0.3) is 0 Å². The average molecular weight is 530 g/mol. The Morgan fingerprint density at radius 2 is 1.84 bits per heavy atom. The molecule has 0 atom stereocenters. The lowest BCUT2D eigenvalue weighted by Crippen LogP contribution is -2.48. The van der Waals surface area contributed by atoms with E-state index in [0.717, 1.165) is 5.56 Å². The SMILES string of the molecule is CCN(Cc1ccccc1)C(=O)CCc1nc(CN2CCN(S(=O)(=O)c3ccc(F)c(C)c3)CC2)no1. The van der Waals surface area contributed by atoms with Crippen LogP contribution in [0.4, 0.5) is 4.39 Å². The van der Waals surface area contributed by atoms with Crippen LogP contribution in [0.3, 0.4) is 0 Å². The molecule has 198 valence electrons. The van der Waals surface area contributed by atoms with Crippen molar-refractivity contribution in [1.82, 2.24) is 24.2 Å². The Morgan fingerprint density at radius 3 is 2.51 bits per heavy atom. The van der Waals surface area contributed by atoms with Gasteiger partial charge in [0, 0.05) is 52.1 Å². The van der Waals surface area contributed by atoms with Crippen molar-refractivity contribution in [3.63, 3.8) is 0 Å². The van der Waals surface area contributed by atoms with Gasteiger partial charge in [-0.05, 0) is 43.2 Å². The lowest BCUT2D eigenvalue weighted by molar-refractivity contribution is -0.131. The molecule has 0 aliphatic carbocycles. The van der Waals surface area contributed by atoms with Crippen molar-refractivity contribution in [1.29, 1.82) is 0 Å². The number of hydrogen-bond acceptors (Lipinski definition) is 7. The van der Waals surface area contributed by atoms with Gasteiger partial charge in [-0.25, -0.2) is 12.8 Å². The Balaban J connectivity index is 1.25. The predicted molar refractivity (Wildman–Crippen MR) is 135 cm³/mol. The maximum atomic E-state index is 13.6. The molecule has 1 fully saturated rings. The largest absolute Gasteiger partial charge is 0.339 e. The zero-order chi connectivity index (χ0) is 26.4. The van der Waals surface area contributed by atoms with Crippen molar-refractivity contribution in [2.45, 2.75) is 44.7 Å². The summed E-state index contributed by atoms with van der Waals surface area (Å²) in [6.45, 7) is 6.75. The number of aryl methyl sites for hydroxylation is 2.